The molecular formula is C21H27FN4O4. The molecule has 1 aromatic carbocycles. The van der Waals surface area contributed by atoms with Crippen molar-refractivity contribution in [3.05, 3.63) is 36.0 Å². The minimum Gasteiger partial charge on any atom is -0.444 e. The number of piperidine rings is 1. The first-order valence-corrected chi connectivity index (χ1v) is 10.1. The molecule has 9 heteroatoms. The lowest BCUT2D eigenvalue weighted by Crippen LogP contribution is -2.41. The number of alkyl carbamates (subject to hydrolysis) is 1. The number of likely N-dealkylation sites (tertiary alicyclic amines) is 1. The van der Waals surface area contributed by atoms with Crippen LogP contribution in [-0.4, -0.2) is 52.3 Å². The highest BCUT2D eigenvalue weighted by atomic mass is 19.1. The van der Waals surface area contributed by atoms with Gasteiger partial charge < -0.3 is 19.5 Å². The molecule has 1 atom stereocenters. The highest BCUT2D eigenvalue weighted by molar-refractivity contribution is 5.77. The third kappa shape index (κ3) is 6.01. The van der Waals surface area contributed by atoms with Crippen molar-refractivity contribution in [2.24, 2.45) is 0 Å². The van der Waals surface area contributed by atoms with Gasteiger partial charge in [0, 0.05) is 31.6 Å². The summed E-state index contributed by atoms with van der Waals surface area (Å²) in [5, 5.41) is 6.55. The molecule has 1 aromatic heterocycles. The van der Waals surface area contributed by atoms with Crippen molar-refractivity contribution in [2.45, 2.75) is 51.6 Å². The molecule has 0 spiro atoms. The normalized spacial score (nSPS) is 16.9. The zero-order chi connectivity index (χ0) is 21.7. The smallest absolute Gasteiger partial charge is 0.407 e. The average Bonchev–Trinajstić information content (AvgIpc) is 3.17. The molecule has 8 nitrogen and oxygen atoms in total. The molecule has 162 valence electrons. The topological polar surface area (TPSA) is 97.6 Å². The van der Waals surface area contributed by atoms with E-state index >= 15 is 0 Å². The van der Waals surface area contributed by atoms with Crippen molar-refractivity contribution in [1.29, 1.82) is 0 Å². The van der Waals surface area contributed by atoms with E-state index in [4.69, 9.17) is 9.26 Å². The zero-order valence-electron chi connectivity index (χ0n) is 17.5. The van der Waals surface area contributed by atoms with Crippen LogP contribution >= 0.6 is 0 Å². The Bertz CT molecular complexity index is 893. The van der Waals surface area contributed by atoms with Crippen LogP contribution in [0.25, 0.3) is 11.4 Å². The predicted molar refractivity (Wildman–Crippen MR) is 107 cm³/mol. The fraction of sp³-hybridized carbons (Fsp3) is 0.524. The number of hydrogen-bond donors (Lipinski definition) is 1. The van der Waals surface area contributed by atoms with Crippen molar-refractivity contribution in [2.75, 3.05) is 19.6 Å². The summed E-state index contributed by atoms with van der Waals surface area (Å²) < 4.78 is 24.0. The molecule has 0 aliphatic carbocycles. The Hall–Kier alpha value is -2.97. The molecule has 1 aliphatic rings. The summed E-state index contributed by atoms with van der Waals surface area (Å²) >= 11 is 0. The van der Waals surface area contributed by atoms with Crippen molar-refractivity contribution < 1.29 is 23.2 Å². The number of halogens is 1. The van der Waals surface area contributed by atoms with Gasteiger partial charge >= 0.3 is 6.09 Å². The van der Waals surface area contributed by atoms with Crippen LogP contribution in [0.4, 0.5) is 9.18 Å². The van der Waals surface area contributed by atoms with E-state index in [0.29, 0.717) is 30.4 Å². The minimum absolute atomic E-state index is 0.0550. The number of carbonyl (C=O) groups excluding carboxylic acids is 2. The van der Waals surface area contributed by atoms with E-state index in [1.165, 1.54) is 12.1 Å². The summed E-state index contributed by atoms with van der Waals surface area (Å²) in [5.41, 5.74) is -0.0372. The van der Waals surface area contributed by atoms with Crippen LogP contribution in [0, 0.1) is 5.82 Å². The maximum atomic E-state index is 13.4. The molecule has 30 heavy (non-hydrogen) atoms. The van der Waals surface area contributed by atoms with Crippen LogP contribution in [0.3, 0.4) is 0 Å². The van der Waals surface area contributed by atoms with Crippen LogP contribution in [0.15, 0.2) is 28.8 Å². The van der Waals surface area contributed by atoms with Gasteiger partial charge in [-0.3, -0.25) is 4.79 Å². The first-order chi connectivity index (χ1) is 14.2. The number of aromatic nitrogens is 2. The van der Waals surface area contributed by atoms with E-state index in [2.05, 4.69) is 15.5 Å². The first-order valence-electron chi connectivity index (χ1n) is 10.1. The van der Waals surface area contributed by atoms with Gasteiger partial charge in [0.25, 0.3) is 0 Å². The van der Waals surface area contributed by atoms with Gasteiger partial charge in [-0.25, -0.2) is 9.18 Å². The van der Waals surface area contributed by atoms with Crippen molar-refractivity contribution in [3.8, 4) is 11.4 Å². The van der Waals surface area contributed by atoms with E-state index in [-0.39, 0.29) is 30.6 Å². The van der Waals surface area contributed by atoms with Crippen LogP contribution in [-0.2, 0) is 9.53 Å². The Morgan fingerprint density at radius 1 is 1.37 bits per heavy atom. The number of nitrogens with zero attached hydrogens (tertiary/aromatic N) is 3. The summed E-state index contributed by atoms with van der Waals surface area (Å²) in [6.45, 7) is 6.66. The van der Waals surface area contributed by atoms with Gasteiger partial charge in [0.15, 0.2) is 0 Å². The minimum atomic E-state index is -0.581. The maximum Gasteiger partial charge on any atom is 0.407 e. The van der Waals surface area contributed by atoms with Crippen LogP contribution < -0.4 is 5.32 Å². The van der Waals surface area contributed by atoms with E-state index in [1.807, 2.05) is 0 Å². The number of ether oxygens (including phenoxy) is 1. The van der Waals surface area contributed by atoms with Gasteiger partial charge in [-0.2, -0.15) is 4.98 Å². The number of rotatable bonds is 5. The van der Waals surface area contributed by atoms with E-state index in [0.717, 1.165) is 12.8 Å². The Labute approximate surface area is 174 Å². The molecule has 1 unspecified atom stereocenters. The number of carbonyl (C=O) groups is 2. The Balaban J connectivity index is 1.53. The molecular weight excluding hydrogens is 391 g/mol. The Morgan fingerprint density at radius 2 is 2.17 bits per heavy atom. The van der Waals surface area contributed by atoms with Gasteiger partial charge in [-0.1, -0.05) is 17.3 Å². The number of nitrogens with one attached hydrogen (secondary N) is 1. The second-order valence-electron chi connectivity index (χ2n) is 8.32. The molecule has 1 fully saturated rings. The average molecular weight is 418 g/mol. The van der Waals surface area contributed by atoms with E-state index in [1.54, 1.807) is 37.8 Å². The Kier molecular flexibility index (Phi) is 6.69. The standard InChI is InChI=1S/C21H27FN4O4/c1-21(2,3)29-20(28)23-10-9-17(27)26-11-5-7-15(13-26)19-24-18(25-30-19)14-6-4-8-16(22)12-14/h4,6,8,12,15H,5,7,9-11,13H2,1-3H3,(H,23,28). The third-order valence-electron chi connectivity index (χ3n) is 4.65. The van der Waals surface area contributed by atoms with Gasteiger partial charge in [0.2, 0.25) is 17.6 Å². The third-order valence-corrected chi connectivity index (χ3v) is 4.65. The lowest BCUT2D eigenvalue weighted by Gasteiger charge is -2.31. The van der Waals surface area contributed by atoms with Crippen LogP contribution in [0.2, 0.25) is 0 Å². The van der Waals surface area contributed by atoms with Crippen molar-refractivity contribution in [1.82, 2.24) is 20.4 Å². The van der Waals surface area contributed by atoms with Gasteiger partial charge in [-0.05, 0) is 45.7 Å². The lowest BCUT2D eigenvalue weighted by molar-refractivity contribution is -0.132. The summed E-state index contributed by atoms with van der Waals surface area (Å²) in [6, 6.07) is 6.01. The number of benzene rings is 1. The Morgan fingerprint density at radius 3 is 2.90 bits per heavy atom. The highest BCUT2D eigenvalue weighted by Gasteiger charge is 2.28. The van der Waals surface area contributed by atoms with Crippen LogP contribution in [0.1, 0.15) is 51.8 Å². The van der Waals surface area contributed by atoms with Crippen LogP contribution in [0.5, 0.6) is 0 Å². The SMILES string of the molecule is CC(C)(C)OC(=O)NCCC(=O)N1CCCC(c2nc(-c3cccc(F)c3)no2)C1. The molecule has 1 saturated heterocycles. The molecule has 3 rings (SSSR count). The van der Waals surface area contributed by atoms with Gasteiger partial charge in [-0.15, -0.1) is 0 Å². The fourth-order valence-electron chi connectivity index (χ4n) is 3.29. The zero-order valence-corrected chi connectivity index (χ0v) is 17.5. The summed E-state index contributed by atoms with van der Waals surface area (Å²) in [7, 11) is 0. The first kappa shape index (κ1) is 21.7. The number of hydrogen-bond acceptors (Lipinski definition) is 6. The van der Waals surface area contributed by atoms with Gasteiger partial charge in [0.05, 0.1) is 5.92 Å². The summed E-state index contributed by atoms with van der Waals surface area (Å²) in [6.07, 6.45) is 1.28. The molecule has 0 saturated carbocycles. The highest BCUT2D eigenvalue weighted by Crippen LogP contribution is 2.28. The van der Waals surface area contributed by atoms with Crippen molar-refractivity contribution >= 4 is 12.0 Å². The second kappa shape index (κ2) is 9.23. The second-order valence-corrected chi connectivity index (χ2v) is 8.32. The molecule has 0 bridgehead atoms. The van der Waals surface area contributed by atoms with E-state index < -0.39 is 11.7 Å². The summed E-state index contributed by atoms with van der Waals surface area (Å²) in [5.74, 6) is 0.276. The fourth-order valence-corrected chi connectivity index (χ4v) is 3.29. The molecule has 0 radical (unpaired) electrons. The molecule has 1 N–H and O–H groups in total. The maximum absolute atomic E-state index is 13.4. The molecule has 2 amide bonds. The molecule has 1 aliphatic heterocycles. The molecule has 2 aromatic rings. The monoisotopic (exact) mass is 418 g/mol. The quantitative estimate of drug-likeness (QED) is 0.798. The lowest BCUT2D eigenvalue weighted by atomic mass is 9.97. The van der Waals surface area contributed by atoms with Gasteiger partial charge in [0.1, 0.15) is 11.4 Å². The summed E-state index contributed by atoms with van der Waals surface area (Å²) in [4.78, 5) is 30.4. The largest absolute Gasteiger partial charge is 0.444 e. The van der Waals surface area contributed by atoms with E-state index in [9.17, 15) is 14.0 Å². The number of amides is 2. The van der Waals surface area contributed by atoms with Crippen molar-refractivity contribution in [3.63, 3.8) is 0 Å². The predicted octanol–water partition coefficient (Wildman–Crippen LogP) is 3.50. The molecule has 2 heterocycles.